The lowest BCUT2D eigenvalue weighted by Gasteiger charge is -2.07. The molecular weight excluding hydrogens is 234 g/mol. The van der Waals surface area contributed by atoms with Gasteiger partial charge in [-0.2, -0.15) is 0 Å². The second kappa shape index (κ2) is 8.27. The summed E-state index contributed by atoms with van der Waals surface area (Å²) >= 11 is 0. The maximum Gasteiger partial charge on any atom is 0.307 e. The molecule has 0 aliphatic carbocycles. The molecule has 0 saturated carbocycles. The molecule has 1 aromatic heterocycles. The fourth-order valence-electron chi connectivity index (χ4n) is 1.25. The Bertz CT molecular complexity index is 371. The molecule has 100 valence electrons. The summed E-state index contributed by atoms with van der Waals surface area (Å²) in [6, 6.07) is 1.71. The van der Waals surface area contributed by atoms with Crippen LogP contribution in [0, 0.1) is 0 Å². The van der Waals surface area contributed by atoms with Gasteiger partial charge in [0.15, 0.2) is 0 Å². The Morgan fingerprint density at radius 3 is 2.94 bits per heavy atom. The van der Waals surface area contributed by atoms with E-state index in [0.29, 0.717) is 37.9 Å². The Morgan fingerprint density at radius 2 is 2.22 bits per heavy atom. The zero-order valence-corrected chi connectivity index (χ0v) is 10.8. The van der Waals surface area contributed by atoms with Crippen molar-refractivity contribution in [2.45, 2.75) is 26.7 Å². The van der Waals surface area contributed by atoms with Crippen LogP contribution in [-0.4, -0.2) is 35.7 Å². The van der Waals surface area contributed by atoms with E-state index in [-0.39, 0.29) is 5.97 Å². The van der Waals surface area contributed by atoms with Gasteiger partial charge in [-0.3, -0.25) is 4.79 Å². The highest BCUT2D eigenvalue weighted by atomic mass is 16.5. The van der Waals surface area contributed by atoms with E-state index in [9.17, 15) is 4.79 Å². The number of esters is 1. The molecule has 0 aliphatic rings. The summed E-state index contributed by atoms with van der Waals surface area (Å²) in [6.07, 6.45) is 2.66. The van der Waals surface area contributed by atoms with Crippen LogP contribution in [0.2, 0.25) is 0 Å². The van der Waals surface area contributed by atoms with Gasteiger partial charge in [0.05, 0.1) is 19.6 Å². The van der Waals surface area contributed by atoms with Crippen molar-refractivity contribution in [1.29, 1.82) is 0 Å². The van der Waals surface area contributed by atoms with Crippen molar-refractivity contribution in [2.24, 2.45) is 0 Å². The van der Waals surface area contributed by atoms with Crippen LogP contribution in [0.15, 0.2) is 12.4 Å². The maximum absolute atomic E-state index is 11.1. The molecule has 18 heavy (non-hydrogen) atoms. The van der Waals surface area contributed by atoms with Gasteiger partial charge in [0.2, 0.25) is 5.88 Å². The van der Waals surface area contributed by atoms with Crippen molar-refractivity contribution in [2.75, 3.05) is 25.1 Å². The first-order valence-corrected chi connectivity index (χ1v) is 6.10. The third kappa shape index (κ3) is 5.47. The van der Waals surface area contributed by atoms with Crippen molar-refractivity contribution in [1.82, 2.24) is 9.97 Å². The third-order valence-corrected chi connectivity index (χ3v) is 2.04. The monoisotopic (exact) mass is 253 g/mol. The lowest BCUT2D eigenvalue weighted by Crippen LogP contribution is -2.12. The first kappa shape index (κ1) is 14.2. The third-order valence-electron chi connectivity index (χ3n) is 2.04. The van der Waals surface area contributed by atoms with Gasteiger partial charge >= 0.3 is 5.97 Å². The minimum Gasteiger partial charge on any atom is -0.478 e. The molecule has 1 N–H and O–H groups in total. The number of hydrogen-bond donors (Lipinski definition) is 1. The molecule has 0 amide bonds. The zero-order chi connectivity index (χ0) is 13.2. The van der Waals surface area contributed by atoms with Crippen LogP contribution in [0.1, 0.15) is 26.7 Å². The second-order valence-electron chi connectivity index (χ2n) is 3.57. The lowest BCUT2D eigenvalue weighted by molar-refractivity contribution is -0.142. The van der Waals surface area contributed by atoms with E-state index in [4.69, 9.17) is 9.47 Å². The fraction of sp³-hybridized carbons (Fsp3) is 0.583. The number of carbonyl (C=O) groups is 1. The number of nitrogens with one attached hydrogen (secondary N) is 1. The summed E-state index contributed by atoms with van der Waals surface area (Å²) in [6.45, 7) is 5.32. The fourth-order valence-corrected chi connectivity index (χ4v) is 1.25. The average Bonchev–Trinajstić information content (AvgIpc) is 2.37. The molecule has 6 heteroatoms. The van der Waals surface area contributed by atoms with Crippen LogP contribution in [-0.2, 0) is 9.53 Å². The number of carbonyl (C=O) groups excluding carboxylic acids is 1. The summed E-state index contributed by atoms with van der Waals surface area (Å²) in [5, 5.41) is 3.02. The van der Waals surface area contributed by atoms with Gasteiger partial charge in [0.25, 0.3) is 0 Å². The van der Waals surface area contributed by atoms with Gasteiger partial charge in [-0.05, 0) is 13.3 Å². The Kier molecular flexibility index (Phi) is 6.53. The van der Waals surface area contributed by atoms with E-state index < -0.39 is 0 Å². The molecule has 1 rings (SSSR count). The zero-order valence-electron chi connectivity index (χ0n) is 10.8. The molecule has 1 heterocycles. The Morgan fingerprint density at radius 1 is 1.39 bits per heavy atom. The van der Waals surface area contributed by atoms with E-state index in [1.165, 1.54) is 6.33 Å². The van der Waals surface area contributed by atoms with Crippen LogP contribution in [0.3, 0.4) is 0 Å². The van der Waals surface area contributed by atoms with E-state index in [1.54, 1.807) is 13.0 Å². The summed E-state index contributed by atoms with van der Waals surface area (Å²) in [4.78, 5) is 19.1. The van der Waals surface area contributed by atoms with Crippen molar-refractivity contribution in [3.8, 4) is 5.88 Å². The van der Waals surface area contributed by atoms with Gasteiger partial charge in [-0.25, -0.2) is 9.97 Å². The smallest absolute Gasteiger partial charge is 0.307 e. The highest BCUT2D eigenvalue weighted by molar-refractivity contribution is 5.69. The summed E-state index contributed by atoms with van der Waals surface area (Å²) in [5.74, 6) is 0.951. The molecule has 0 spiro atoms. The SMILES string of the molecule is CCCOc1cc(NCCC(=O)OCC)ncn1. The van der Waals surface area contributed by atoms with Crippen LogP contribution >= 0.6 is 0 Å². The summed E-state index contributed by atoms with van der Waals surface area (Å²) < 4.78 is 10.2. The van der Waals surface area contributed by atoms with Gasteiger partial charge in [0, 0.05) is 12.6 Å². The van der Waals surface area contributed by atoms with E-state index in [2.05, 4.69) is 15.3 Å². The number of anilines is 1. The van der Waals surface area contributed by atoms with E-state index >= 15 is 0 Å². The van der Waals surface area contributed by atoms with Crippen molar-refractivity contribution < 1.29 is 14.3 Å². The lowest BCUT2D eigenvalue weighted by atomic mass is 10.4. The standard InChI is InChI=1S/C12H19N3O3/c1-3-7-18-11-8-10(14-9-15-11)13-6-5-12(16)17-4-2/h8-9H,3-7H2,1-2H3,(H,13,14,15). The molecule has 1 aromatic rings. The number of nitrogens with zero attached hydrogens (tertiary/aromatic N) is 2. The Balaban J connectivity index is 2.35. The van der Waals surface area contributed by atoms with Crippen LogP contribution < -0.4 is 10.1 Å². The van der Waals surface area contributed by atoms with Crippen LogP contribution in [0.25, 0.3) is 0 Å². The Hall–Kier alpha value is -1.85. The van der Waals surface area contributed by atoms with Crippen LogP contribution in [0.5, 0.6) is 5.88 Å². The molecule has 0 saturated heterocycles. The molecule has 0 aliphatic heterocycles. The average molecular weight is 253 g/mol. The quantitative estimate of drug-likeness (QED) is 0.710. The van der Waals surface area contributed by atoms with Gasteiger partial charge in [0.1, 0.15) is 12.1 Å². The summed E-state index contributed by atoms with van der Waals surface area (Å²) in [5.41, 5.74) is 0. The highest BCUT2D eigenvalue weighted by Gasteiger charge is 2.02. The summed E-state index contributed by atoms with van der Waals surface area (Å²) in [7, 11) is 0. The maximum atomic E-state index is 11.1. The van der Waals surface area contributed by atoms with Crippen molar-refractivity contribution in [3.05, 3.63) is 12.4 Å². The largest absolute Gasteiger partial charge is 0.478 e. The molecule has 0 aromatic carbocycles. The minimum absolute atomic E-state index is 0.221. The molecule has 0 radical (unpaired) electrons. The topological polar surface area (TPSA) is 73.3 Å². The van der Waals surface area contributed by atoms with Gasteiger partial charge < -0.3 is 14.8 Å². The molecule has 0 bridgehead atoms. The van der Waals surface area contributed by atoms with Crippen molar-refractivity contribution >= 4 is 11.8 Å². The highest BCUT2D eigenvalue weighted by Crippen LogP contribution is 2.11. The predicted molar refractivity (Wildman–Crippen MR) is 67.6 cm³/mol. The number of hydrogen-bond acceptors (Lipinski definition) is 6. The minimum atomic E-state index is -0.221. The normalized spacial score (nSPS) is 9.89. The molecule has 0 unspecified atom stereocenters. The van der Waals surface area contributed by atoms with Crippen LogP contribution in [0.4, 0.5) is 5.82 Å². The molecule has 0 atom stereocenters. The molecular formula is C12H19N3O3. The van der Waals surface area contributed by atoms with E-state index in [1.807, 2.05) is 6.92 Å². The number of aromatic nitrogens is 2. The Labute approximate surface area is 107 Å². The number of rotatable bonds is 8. The molecule has 0 fully saturated rings. The van der Waals surface area contributed by atoms with Gasteiger partial charge in [-0.1, -0.05) is 6.92 Å². The van der Waals surface area contributed by atoms with Gasteiger partial charge in [-0.15, -0.1) is 0 Å². The first-order valence-electron chi connectivity index (χ1n) is 6.10. The molecule has 6 nitrogen and oxygen atoms in total. The number of ether oxygens (including phenoxy) is 2. The van der Waals surface area contributed by atoms with E-state index in [0.717, 1.165) is 6.42 Å². The first-order chi connectivity index (χ1) is 8.76. The van der Waals surface area contributed by atoms with Crippen molar-refractivity contribution in [3.63, 3.8) is 0 Å². The predicted octanol–water partition coefficient (Wildman–Crippen LogP) is 1.63. The second-order valence-corrected chi connectivity index (χ2v) is 3.57.